The summed E-state index contributed by atoms with van der Waals surface area (Å²) in [6.07, 6.45) is 6.54. The molecule has 2 aliphatic heterocycles. The predicted molar refractivity (Wildman–Crippen MR) is 76.9 cm³/mol. The fraction of sp³-hybridized carbons (Fsp3) is 0.600. The van der Waals surface area contributed by atoms with Gasteiger partial charge in [0.1, 0.15) is 5.82 Å². The van der Waals surface area contributed by atoms with Crippen LogP contribution in [0.25, 0.3) is 0 Å². The molecule has 3 rings (SSSR count). The van der Waals surface area contributed by atoms with E-state index in [-0.39, 0.29) is 5.97 Å². The fourth-order valence-electron chi connectivity index (χ4n) is 3.39. The van der Waals surface area contributed by atoms with Gasteiger partial charge in [-0.1, -0.05) is 0 Å². The monoisotopic (exact) mass is 275 g/mol. The number of nitrogens with zero attached hydrogens (tertiary/aromatic N) is 2. The molecule has 2 atom stereocenters. The van der Waals surface area contributed by atoms with Crippen LogP contribution in [-0.2, 0) is 4.74 Å². The summed E-state index contributed by atoms with van der Waals surface area (Å²) < 4.78 is 4.77. The topological polar surface area (TPSA) is 54.5 Å². The number of anilines is 1. The van der Waals surface area contributed by atoms with E-state index in [0.29, 0.717) is 23.7 Å². The Morgan fingerprint density at radius 1 is 1.40 bits per heavy atom. The number of esters is 1. The third kappa shape index (κ3) is 2.50. The quantitative estimate of drug-likeness (QED) is 0.849. The number of hydrogen-bond acceptors (Lipinski definition) is 5. The van der Waals surface area contributed by atoms with Gasteiger partial charge in [-0.25, -0.2) is 9.78 Å². The third-order valence-electron chi connectivity index (χ3n) is 4.52. The van der Waals surface area contributed by atoms with Crippen molar-refractivity contribution < 1.29 is 9.53 Å². The molecule has 0 aliphatic carbocycles. The molecule has 5 heteroatoms. The molecule has 2 fully saturated rings. The van der Waals surface area contributed by atoms with Gasteiger partial charge in [-0.15, -0.1) is 0 Å². The Labute approximate surface area is 119 Å². The molecular weight excluding hydrogens is 254 g/mol. The molecule has 3 heterocycles. The molecule has 0 radical (unpaired) electrons. The highest BCUT2D eigenvalue weighted by Gasteiger charge is 2.35. The first-order valence-electron chi connectivity index (χ1n) is 7.20. The fourth-order valence-corrected chi connectivity index (χ4v) is 3.39. The SMILES string of the molecule is COC(=O)c1ccnc(N(C)C2CC3CCC(C2)N3)c1. The highest BCUT2D eigenvalue weighted by atomic mass is 16.5. The van der Waals surface area contributed by atoms with Crippen LogP contribution >= 0.6 is 0 Å². The Kier molecular flexibility index (Phi) is 3.61. The lowest BCUT2D eigenvalue weighted by atomic mass is 9.98. The van der Waals surface area contributed by atoms with Gasteiger partial charge in [0.15, 0.2) is 0 Å². The molecule has 2 unspecified atom stereocenters. The zero-order valence-electron chi connectivity index (χ0n) is 12.0. The van der Waals surface area contributed by atoms with Crippen LogP contribution in [-0.4, -0.2) is 43.2 Å². The molecular formula is C15H21N3O2. The predicted octanol–water partition coefficient (Wildman–Crippen LogP) is 1.59. The van der Waals surface area contributed by atoms with Crippen LogP contribution in [0, 0.1) is 0 Å². The van der Waals surface area contributed by atoms with Crippen LogP contribution in [0.15, 0.2) is 18.3 Å². The highest BCUT2D eigenvalue weighted by molar-refractivity contribution is 5.90. The van der Waals surface area contributed by atoms with Gasteiger partial charge in [-0.2, -0.15) is 0 Å². The van der Waals surface area contributed by atoms with Crippen LogP contribution in [0.3, 0.4) is 0 Å². The zero-order valence-corrected chi connectivity index (χ0v) is 12.0. The lowest BCUT2D eigenvalue weighted by Gasteiger charge is -2.36. The van der Waals surface area contributed by atoms with E-state index in [1.165, 1.54) is 20.0 Å². The number of carbonyl (C=O) groups is 1. The van der Waals surface area contributed by atoms with E-state index in [4.69, 9.17) is 4.74 Å². The van der Waals surface area contributed by atoms with E-state index >= 15 is 0 Å². The molecule has 0 saturated carbocycles. The molecule has 2 aliphatic rings. The second kappa shape index (κ2) is 5.40. The van der Waals surface area contributed by atoms with Crippen molar-refractivity contribution in [3.8, 4) is 0 Å². The van der Waals surface area contributed by atoms with Crippen molar-refractivity contribution in [3.63, 3.8) is 0 Å². The summed E-state index contributed by atoms with van der Waals surface area (Å²) in [6.45, 7) is 0. The second-order valence-corrected chi connectivity index (χ2v) is 5.77. The Balaban J connectivity index is 1.76. The number of rotatable bonds is 3. The van der Waals surface area contributed by atoms with E-state index in [9.17, 15) is 4.79 Å². The molecule has 5 nitrogen and oxygen atoms in total. The summed E-state index contributed by atoms with van der Waals surface area (Å²) in [7, 11) is 3.47. The summed E-state index contributed by atoms with van der Waals surface area (Å²) in [6, 6.07) is 5.29. The number of aromatic nitrogens is 1. The molecule has 1 aromatic heterocycles. The number of piperidine rings is 1. The first-order chi connectivity index (χ1) is 9.67. The standard InChI is InChI=1S/C15H21N3O2/c1-18(13-8-11-3-4-12(9-13)17-11)14-7-10(5-6-16-14)15(19)20-2/h5-7,11-13,17H,3-4,8-9H2,1-2H3. The smallest absolute Gasteiger partial charge is 0.338 e. The zero-order chi connectivity index (χ0) is 14.1. The molecule has 2 saturated heterocycles. The summed E-state index contributed by atoms with van der Waals surface area (Å²) in [5, 5.41) is 3.64. The molecule has 2 bridgehead atoms. The van der Waals surface area contributed by atoms with Gasteiger partial charge in [0, 0.05) is 31.4 Å². The van der Waals surface area contributed by atoms with Crippen LogP contribution in [0.5, 0.6) is 0 Å². The van der Waals surface area contributed by atoms with Crippen molar-refractivity contribution in [1.29, 1.82) is 0 Å². The lowest BCUT2D eigenvalue weighted by Crippen LogP contribution is -2.47. The molecule has 0 amide bonds. The van der Waals surface area contributed by atoms with E-state index in [1.54, 1.807) is 12.3 Å². The Hall–Kier alpha value is -1.62. The number of hydrogen-bond donors (Lipinski definition) is 1. The van der Waals surface area contributed by atoms with E-state index < -0.39 is 0 Å². The van der Waals surface area contributed by atoms with Gasteiger partial charge >= 0.3 is 5.97 Å². The number of pyridine rings is 1. The van der Waals surface area contributed by atoms with Gasteiger partial charge in [0.05, 0.1) is 12.7 Å². The Morgan fingerprint density at radius 2 is 2.10 bits per heavy atom. The van der Waals surface area contributed by atoms with Crippen molar-refractivity contribution >= 4 is 11.8 Å². The lowest BCUT2D eigenvalue weighted by molar-refractivity contribution is 0.0600. The molecule has 1 N–H and O–H groups in total. The van der Waals surface area contributed by atoms with Crippen molar-refractivity contribution in [2.45, 2.75) is 43.8 Å². The van der Waals surface area contributed by atoms with E-state index in [1.807, 2.05) is 6.07 Å². The van der Waals surface area contributed by atoms with E-state index in [2.05, 4.69) is 22.2 Å². The number of nitrogens with one attached hydrogen (secondary N) is 1. The van der Waals surface area contributed by atoms with Crippen molar-refractivity contribution in [2.75, 3.05) is 19.1 Å². The number of ether oxygens (including phenoxy) is 1. The number of fused-ring (bicyclic) bond motifs is 2. The average Bonchev–Trinajstić information content (AvgIpc) is 2.84. The minimum atomic E-state index is -0.313. The van der Waals surface area contributed by atoms with E-state index in [0.717, 1.165) is 18.7 Å². The van der Waals surface area contributed by atoms with Crippen molar-refractivity contribution in [2.24, 2.45) is 0 Å². The second-order valence-electron chi connectivity index (χ2n) is 5.77. The maximum atomic E-state index is 11.6. The maximum Gasteiger partial charge on any atom is 0.338 e. The summed E-state index contributed by atoms with van der Waals surface area (Å²) in [5.41, 5.74) is 0.557. The summed E-state index contributed by atoms with van der Waals surface area (Å²) in [5.74, 6) is 0.534. The molecule has 0 aromatic carbocycles. The minimum absolute atomic E-state index is 0.313. The molecule has 20 heavy (non-hydrogen) atoms. The van der Waals surface area contributed by atoms with Crippen LogP contribution in [0.1, 0.15) is 36.0 Å². The van der Waals surface area contributed by atoms with Crippen LogP contribution < -0.4 is 10.2 Å². The van der Waals surface area contributed by atoms with Gasteiger partial charge < -0.3 is 15.0 Å². The summed E-state index contributed by atoms with van der Waals surface area (Å²) in [4.78, 5) is 18.2. The Bertz CT molecular complexity index is 494. The van der Waals surface area contributed by atoms with Crippen molar-refractivity contribution in [1.82, 2.24) is 10.3 Å². The largest absolute Gasteiger partial charge is 0.465 e. The first-order valence-corrected chi connectivity index (χ1v) is 7.20. The number of methoxy groups -OCH3 is 1. The van der Waals surface area contributed by atoms with Gasteiger partial charge in [0.2, 0.25) is 0 Å². The molecule has 0 spiro atoms. The third-order valence-corrected chi connectivity index (χ3v) is 4.52. The van der Waals surface area contributed by atoms with Gasteiger partial charge in [0.25, 0.3) is 0 Å². The first kappa shape index (κ1) is 13.4. The van der Waals surface area contributed by atoms with Crippen molar-refractivity contribution in [3.05, 3.63) is 23.9 Å². The van der Waals surface area contributed by atoms with Gasteiger partial charge in [-0.3, -0.25) is 0 Å². The average molecular weight is 275 g/mol. The minimum Gasteiger partial charge on any atom is -0.465 e. The van der Waals surface area contributed by atoms with Gasteiger partial charge in [-0.05, 0) is 37.8 Å². The molecule has 1 aromatic rings. The molecule has 108 valence electrons. The Morgan fingerprint density at radius 3 is 2.75 bits per heavy atom. The maximum absolute atomic E-state index is 11.6. The highest BCUT2D eigenvalue weighted by Crippen LogP contribution is 2.31. The number of carbonyl (C=O) groups excluding carboxylic acids is 1. The van der Waals surface area contributed by atoms with Crippen LogP contribution in [0.2, 0.25) is 0 Å². The normalized spacial score (nSPS) is 28.2. The van der Waals surface area contributed by atoms with Crippen LogP contribution in [0.4, 0.5) is 5.82 Å². The summed E-state index contributed by atoms with van der Waals surface area (Å²) >= 11 is 0.